The van der Waals surface area contributed by atoms with E-state index in [1.807, 2.05) is 36.4 Å². The lowest BCUT2D eigenvalue weighted by Crippen LogP contribution is -1.89. The van der Waals surface area contributed by atoms with Crippen LogP contribution in [0.1, 0.15) is 11.3 Å². The molecular weight excluding hydrogens is 294 g/mol. The topological polar surface area (TPSA) is 39.2 Å². The number of para-hydroxylation sites is 1. The molecule has 2 nitrogen and oxygen atoms in total. The molecule has 0 spiro atoms. The van der Waals surface area contributed by atoms with Crippen LogP contribution in [0.25, 0.3) is 45.0 Å². The number of fused-ring (bicyclic) bond motifs is 3. The van der Waals surface area contributed by atoms with Gasteiger partial charge in [-0.1, -0.05) is 55.6 Å². The Hall–Kier alpha value is -3.26. The van der Waals surface area contributed by atoms with Gasteiger partial charge in [0.15, 0.2) is 0 Å². The van der Waals surface area contributed by atoms with Crippen molar-refractivity contribution in [3.8, 4) is 11.1 Å². The van der Waals surface area contributed by atoms with E-state index in [9.17, 15) is 0 Å². The van der Waals surface area contributed by atoms with E-state index in [2.05, 4.69) is 37.4 Å². The van der Waals surface area contributed by atoms with Crippen molar-refractivity contribution in [1.82, 2.24) is 0 Å². The number of rotatable bonds is 3. The third-order valence-electron chi connectivity index (χ3n) is 4.40. The highest BCUT2D eigenvalue weighted by molar-refractivity contribution is 6.12. The SMILES string of the molecule is C=Cc1oc2ccc3ccc(-c4ccccc4N)cc3c2c1C=C. The normalized spacial score (nSPS) is 11.0. The summed E-state index contributed by atoms with van der Waals surface area (Å²) in [5.74, 6) is 0.747. The molecule has 3 aromatic carbocycles. The van der Waals surface area contributed by atoms with Crippen LogP contribution in [0.4, 0.5) is 5.69 Å². The highest BCUT2D eigenvalue weighted by Crippen LogP contribution is 2.36. The fraction of sp³-hybridized carbons (Fsp3) is 0. The third-order valence-corrected chi connectivity index (χ3v) is 4.40. The molecule has 0 aliphatic carbocycles. The molecular formula is C22H17NO. The van der Waals surface area contributed by atoms with Gasteiger partial charge in [-0.15, -0.1) is 0 Å². The maximum absolute atomic E-state index is 6.14. The fourth-order valence-corrected chi connectivity index (χ4v) is 3.24. The van der Waals surface area contributed by atoms with Crippen LogP contribution in [0.5, 0.6) is 0 Å². The highest BCUT2D eigenvalue weighted by atomic mass is 16.3. The monoisotopic (exact) mass is 311 g/mol. The molecule has 2 heteroatoms. The van der Waals surface area contributed by atoms with E-state index in [4.69, 9.17) is 10.2 Å². The molecule has 0 radical (unpaired) electrons. The van der Waals surface area contributed by atoms with Gasteiger partial charge in [0.1, 0.15) is 11.3 Å². The highest BCUT2D eigenvalue weighted by Gasteiger charge is 2.13. The average Bonchev–Trinajstić information content (AvgIpc) is 3.00. The van der Waals surface area contributed by atoms with Crippen molar-refractivity contribution in [2.75, 3.05) is 5.73 Å². The van der Waals surface area contributed by atoms with Crippen molar-refractivity contribution in [3.05, 3.63) is 79.1 Å². The molecule has 116 valence electrons. The van der Waals surface area contributed by atoms with Crippen molar-refractivity contribution in [2.24, 2.45) is 0 Å². The molecule has 4 aromatic rings. The first-order valence-corrected chi connectivity index (χ1v) is 7.82. The second kappa shape index (κ2) is 5.43. The molecule has 0 aliphatic heterocycles. The molecule has 0 unspecified atom stereocenters. The molecule has 24 heavy (non-hydrogen) atoms. The van der Waals surface area contributed by atoms with Gasteiger partial charge < -0.3 is 10.2 Å². The number of benzene rings is 3. The minimum Gasteiger partial charge on any atom is -0.456 e. The number of hydrogen-bond acceptors (Lipinski definition) is 2. The van der Waals surface area contributed by atoms with Gasteiger partial charge in [-0.2, -0.15) is 0 Å². The molecule has 0 amide bonds. The Morgan fingerprint density at radius 2 is 1.71 bits per heavy atom. The summed E-state index contributed by atoms with van der Waals surface area (Å²) in [5, 5.41) is 3.34. The first-order chi connectivity index (χ1) is 11.7. The predicted molar refractivity (Wildman–Crippen MR) is 104 cm³/mol. The summed E-state index contributed by atoms with van der Waals surface area (Å²) >= 11 is 0. The summed E-state index contributed by atoms with van der Waals surface area (Å²) in [5.41, 5.74) is 10.8. The van der Waals surface area contributed by atoms with E-state index in [0.29, 0.717) is 0 Å². The van der Waals surface area contributed by atoms with Crippen molar-refractivity contribution >= 4 is 39.6 Å². The Labute approximate surface area is 140 Å². The summed E-state index contributed by atoms with van der Waals surface area (Å²) in [7, 11) is 0. The molecule has 0 aliphatic rings. The number of anilines is 1. The molecule has 4 rings (SSSR count). The van der Waals surface area contributed by atoms with Crippen molar-refractivity contribution in [2.45, 2.75) is 0 Å². The third kappa shape index (κ3) is 2.04. The van der Waals surface area contributed by atoms with Crippen molar-refractivity contribution < 1.29 is 4.42 Å². The van der Waals surface area contributed by atoms with Crippen LogP contribution in [-0.2, 0) is 0 Å². The molecule has 1 heterocycles. The van der Waals surface area contributed by atoms with Crippen LogP contribution in [0, 0.1) is 0 Å². The van der Waals surface area contributed by atoms with E-state index in [1.54, 1.807) is 6.08 Å². The summed E-state index contributed by atoms with van der Waals surface area (Å²) < 4.78 is 5.90. The quantitative estimate of drug-likeness (QED) is 0.463. The molecule has 2 N–H and O–H groups in total. The fourth-order valence-electron chi connectivity index (χ4n) is 3.24. The van der Waals surface area contributed by atoms with Gasteiger partial charge in [0, 0.05) is 22.2 Å². The molecule has 0 atom stereocenters. The van der Waals surface area contributed by atoms with E-state index in [1.165, 1.54) is 0 Å². The summed E-state index contributed by atoms with van der Waals surface area (Å²) in [6, 6.07) is 18.3. The summed E-state index contributed by atoms with van der Waals surface area (Å²) in [6.07, 6.45) is 3.55. The lowest BCUT2D eigenvalue weighted by atomic mass is 9.96. The van der Waals surface area contributed by atoms with Crippen LogP contribution < -0.4 is 5.73 Å². The van der Waals surface area contributed by atoms with E-state index < -0.39 is 0 Å². The summed E-state index contributed by atoms with van der Waals surface area (Å²) in [4.78, 5) is 0. The zero-order valence-corrected chi connectivity index (χ0v) is 13.3. The van der Waals surface area contributed by atoms with Gasteiger partial charge in [-0.3, -0.25) is 0 Å². The van der Waals surface area contributed by atoms with Crippen LogP contribution in [0.15, 0.2) is 72.2 Å². The van der Waals surface area contributed by atoms with Gasteiger partial charge in [0.25, 0.3) is 0 Å². The second-order valence-corrected chi connectivity index (χ2v) is 5.75. The Kier molecular flexibility index (Phi) is 3.24. The molecule has 0 saturated heterocycles. The van der Waals surface area contributed by atoms with Gasteiger partial charge in [-0.25, -0.2) is 0 Å². The molecule has 0 saturated carbocycles. The van der Waals surface area contributed by atoms with E-state index in [-0.39, 0.29) is 0 Å². The Morgan fingerprint density at radius 1 is 0.917 bits per heavy atom. The van der Waals surface area contributed by atoms with Crippen LogP contribution >= 0.6 is 0 Å². The van der Waals surface area contributed by atoms with E-state index in [0.717, 1.165) is 49.9 Å². The number of furan rings is 1. The zero-order valence-electron chi connectivity index (χ0n) is 13.3. The number of hydrogen-bond donors (Lipinski definition) is 1. The smallest absolute Gasteiger partial charge is 0.136 e. The number of nitrogens with two attached hydrogens (primary N) is 1. The molecule has 0 fully saturated rings. The Bertz CT molecular complexity index is 1100. The maximum Gasteiger partial charge on any atom is 0.136 e. The average molecular weight is 311 g/mol. The van der Waals surface area contributed by atoms with Gasteiger partial charge in [0.05, 0.1) is 0 Å². The number of nitrogen functional groups attached to an aromatic ring is 1. The lowest BCUT2D eigenvalue weighted by Gasteiger charge is -2.08. The maximum atomic E-state index is 6.14. The van der Waals surface area contributed by atoms with E-state index >= 15 is 0 Å². The standard InChI is InChI=1S/C22H17NO/c1-3-16-20(4-2)24-21-12-11-14-9-10-15(13-18(14)22(16)21)17-7-5-6-8-19(17)23/h3-13H,1-2,23H2. The van der Waals surface area contributed by atoms with Crippen LogP contribution in [-0.4, -0.2) is 0 Å². The van der Waals surface area contributed by atoms with Crippen molar-refractivity contribution in [1.29, 1.82) is 0 Å². The lowest BCUT2D eigenvalue weighted by molar-refractivity contribution is 0.604. The first-order valence-electron chi connectivity index (χ1n) is 7.82. The Balaban J connectivity index is 2.10. The molecule has 0 bridgehead atoms. The van der Waals surface area contributed by atoms with Crippen LogP contribution in [0.2, 0.25) is 0 Å². The first kappa shape index (κ1) is 14.3. The zero-order chi connectivity index (χ0) is 16.7. The minimum absolute atomic E-state index is 0.747. The second-order valence-electron chi connectivity index (χ2n) is 5.75. The van der Waals surface area contributed by atoms with Gasteiger partial charge in [-0.05, 0) is 40.6 Å². The Morgan fingerprint density at radius 3 is 2.46 bits per heavy atom. The largest absolute Gasteiger partial charge is 0.456 e. The van der Waals surface area contributed by atoms with Crippen LogP contribution in [0.3, 0.4) is 0 Å². The van der Waals surface area contributed by atoms with Gasteiger partial charge >= 0.3 is 0 Å². The molecule has 1 aromatic heterocycles. The van der Waals surface area contributed by atoms with Crippen molar-refractivity contribution in [3.63, 3.8) is 0 Å². The minimum atomic E-state index is 0.747. The predicted octanol–water partition coefficient (Wildman–Crippen LogP) is 6.12. The van der Waals surface area contributed by atoms with Gasteiger partial charge in [0.2, 0.25) is 0 Å². The summed E-state index contributed by atoms with van der Waals surface area (Å²) in [6.45, 7) is 7.77.